The van der Waals surface area contributed by atoms with E-state index in [2.05, 4.69) is 0 Å². The third kappa shape index (κ3) is 5.51. The van der Waals surface area contributed by atoms with Gasteiger partial charge < -0.3 is 9.47 Å². The number of thiazole rings is 2. The monoisotopic (exact) mass is 398 g/mol. The van der Waals surface area contributed by atoms with Crippen molar-refractivity contribution in [3.8, 4) is 0 Å². The molecule has 0 saturated heterocycles. The number of aromatic nitrogens is 2. The van der Waals surface area contributed by atoms with E-state index >= 15 is 0 Å². The molecule has 0 radical (unpaired) electrons. The van der Waals surface area contributed by atoms with Crippen LogP contribution in [0, 0.1) is 13.8 Å². The van der Waals surface area contributed by atoms with E-state index in [0.29, 0.717) is 26.4 Å². The number of ketones is 2. The fraction of sp³-hybridized carbons (Fsp3) is 0.556. The maximum absolute atomic E-state index is 11.4. The van der Waals surface area contributed by atoms with Crippen LogP contribution in [0.25, 0.3) is 0 Å². The molecule has 0 aliphatic carbocycles. The Hall–Kier alpha value is -1.48. The van der Waals surface area contributed by atoms with Gasteiger partial charge in [-0.25, -0.2) is 0 Å². The second-order valence-electron chi connectivity index (χ2n) is 6.00. The number of ether oxygens (including phenoxy) is 2. The fourth-order valence-corrected chi connectivity index (χ4v) is 4.49. The molecular formula is C18H26N2O4S2+2. The van der Waals surface area contributed by atoms with Gasteiger partial charge in [0, 0.05) is 27.7 Å². The van der Waals surface area contributed by atoms with E-state index in [1.807, 2.05) is 34.0 Å². The van der Waals surface area contributed by atoms with Crippen molar-refractivity contribution >= 4 is 34.2 Å². The molecule has 26 heavy (non-hydrogen) atoms. The van der Waals surface area contributed by atoms with E-state index in [-0.39, 0.29) is 11.6 Å². The summed E-state index contributed by atoms with van der Waals surface area (Å²) in [6, 6.07) is 0. The Morgan fingerprint density at radius 1 is 0.808 bits per heavy atom. The van der Waals surface area contributed by atoms with Crippen LogP contribution in [0.2, 0.25) is 0 Å². The van der Waals surface area contributed by atoms with Crippen LogP contribution in [0.1, 0.15) is 44.6 Å². The third-order valence-electron chi connectivity index (χ3n) is 4.08. The molecule has 0 spiro atoms. The summed E-state index contributed by atoms with van der Waals surface area (Å²) in [5.41, 5.74) is 5.91. The molecule has 0 atom stereocenters. The van der Waals surface area contributed by atoms with E-state index in [1.165, 1.54) is 22.7 Å². The second kappa shape index (κ2) is 10.0. The van der Waals surface area contributed by atoms with Crippen LogP contribution in [0.3, 0.4) is 0 Å². The van der Waals surface area contributed by atoms with Crippen LogP contribution in [0.15, 0.2) is 11.0 Å². The zero-order chi connectivity index (χ0) is 19.1. The van der Waals surface area contributed by atoms with Gasteiger partial charge in [0.2, 0.25) is 11.0 Å². The zero-order valence-corrected chi connectivity index (χ0v) is 17.4. The maximum atomic E-state index is 11.4. The first-order valence-electron chi connectivity index (χ1n) is 8.54. The van der Waals surface area contributed by atoms with Crippen LogP contribution >= 0.6 is 22.7 Å². The molecule has 0 aromatic carbocycles. The average molecular weight is 399 g/mol. The molecule has 0 N–H and O–H groups in total. The zero-order valence-electron chi connectivity index (χ0n) is 15.7. The summed E-state index contributed by atoms with van der Waals surface area (Å²) in [6.45, 7) is 10.8. The summed E-state index contributed by atoms with van der Waals surface area (Å²) < 4.78 is 15.3. The van der Waals surface area contributed by atoms with Crippen molar-refractivity contribution in [2.75, 3.05) is 26.4 Å². The first kappa shape index (κ1) is 20.8. The minimum absolute atomic E-state index is 0.106. The number of hydrogen-bond acceptors (Lipinski definition) is 6. The van der Waals surface area contributed by atoms with Gasteiger partial charge in [-0.3, -0.25) is 9.59 Å². The van der Waals surface area contributed by atoms with Gasteiger partial charge in [0.1, 0.15) is 23.0 Å². The molecule has 0 unspecified atom stereocenters. The maximum Gasteiger partial charge on any atom is 0.225 e. The molecule has 8 heteroatoms. The highest BCUT2D eigenvalue weighted by Gasteiger charge is 2.19. The molecule has 0 aliphatic rings. The average Bonchev–Trinajstić information content (AvgIpc) is 3.13. The molecule has 142 valence electrons. The molecule has 0 bridgehead atoms. The van der Waals surface area contributed by atoms with Crippen LogP contribution in [0.5, 0.6) is 0 Å². The highest BCUT2D eigenvalue weighted by atomic mass is 32.1. The largest absolute Gasteiger partial charge is 0.372 e. The summed E-state index contributed by atoms with van der Waals surface area (Å²) in [4.78, 5) is 24.5. The summed E-state index contributed by atoms with van der Waals surface area (Å²) in [7, 11) is 0. The summed E-state index contributed by atoms with van der Waals surface area (Å²) >= 11 is 2.94. The highest BCUT2D eigenvalue weighted by Crippen LogP contribution is 2.11. The van der Waals surface area contributed by atoms with E-state index in [1.54, 1.807) is 13.8 Å². The molecule has 0 fully saturated rings. The van der Waals surface area contributed by atoms with Gasteiger partial charge >= 0.3 is 0 Å². The fourth-order valence-electron chi connectivity index (χ4n) is 2.59. The third-order valence-corrected chi connectivity index (χ3v) is 6.44. The minimum Gasteiger partial charge on any atom is -0.372 e. The first-order valence-corrected chi connectivity index (χ1v) is 10.3. The second-order valence-corrected chi connectivity index (χ2v) is 7.71. The topological polar surface area (TPSA) is 60.4 Å². The van der Waals surface area contributed by atoms with E-state index < -0.39 is 0 Å². The van der Waals surface area contributed by atoms with Gasteiger partial charge in [-0.1, -0.05) is 22.7 Å². The summed E-state index contributed by atoms with van der Waals surface area (Å²) in [6.07, 6.45) is 0. The Balaban J connectivity index is 1.59. The van der Waals surface area contributed by atoms with Crippen molar-refractivity contribution in [3.05, 3.63) is 32.2 Å². The van der Waals surface area contributed by atoms with Crippen molar-refractivity contribution in [1.82, 2.24) is 0 Å². The number of carbonyl (C=O) groups excluding carboxylic acids is 2. The van der Waals surface area contributed by atoms with Crippen molar-refractivity contribution in [2.45, 2.75) is 40.8 Å². The molecule has 2 heterocycles. The van der Waals surface area contributed by atoms with Crippen molar-refractivity contribution in [1.29, 1.82) is 0 Å². The predicted octanol–water partition coefficient (Wildman–Crippen LogP) is 2.14. The highest BCUT2D eigenvalue weighted by molar-refractivity contribution is 7.11. The van der Waals surface area contributed by atoms with Gasteiger partial charge in [-0.2, -0.15) is 9.13 Å². The number of hydrogen-bond donors (Lipinski definition) is 0. The molecule has 2 rings (SSSR count). The van der Waals surface area contributed by atoms with Crippen molar-refractivity contribution < 1.29 is 28.2 Å². The minimum atomic E-state index is 0.106. The van der Waals surface area contributed by atoms with E-state index in [4.69, 9.17) is 9.47 Å². The lowest BCUT2D eigenvalue weighted by molar-refractivity contribution is -0.700. The van der Waals surface area contributed by atoms with Crippen molar-refractivity contribution in [2.24, 2.45) is 0 Å². The Morgan fingerprint density at radius 3 is 1.50 bits per heavy atom. The molecular weight excluding hydrogens is 372 g/mol. The van der Waals surface area contributed by atoms with Crippen molar-refractivity contribution in [3.63, 3.8) is 0 Å². The molecule has 2 aromatic heterocycles. The Morgan fingerprint density at radius 2 is 1.19 bits per heavy atom. The Bertz CT molecular complexity index is 703. The quantitative estimate of drug-likeness (QED) is 0.331. The van der Waals surface area contributed by atoms with E-state index in [9.17, 15) is 9.59 Å². The number of rotatable bonds is 11. The molecule has 6 nitrogen and oxygen atoms in total. The lowest BCUT2D eigenvalue weighted by Crippen LogP contribution is -2.37. The lowest BCUT2D eigenvalue weighted by atomic mass is 10.3. The van der Waals surface area contributed by atoms with Crippen LogP contribution < -0.4 is 9.13 Å². The standard InChI is InChI=1S/C18H26N2O4S2/c1-13-17(15(3)21)25-11-19(13)5-7-23-9-10-24-8-6-20-12-26-18(14(20)2)16(4)22/h11-12H,5-10H2,1-4H3/q+2. The van der Waals surface area contributed by atoms with Gasteiger partial charge in [0.05, 0.1) is 13.2 Å². The Kier molecular flexibility index (Phi) is 8.02. The number of nitrogens with zero attached hydrogens (tertiary/aromatic N) is 2. The van der Waals surface area contributed by atoms with Gasteiger partial charge in [0.15, 0.2) is 36.0 Å². The predicted molar refractivity (Wildman–Crippen MR) is 100 cm³/mol. The van der Waals surface area contributed by atoms with Crippen LogP contribution in [0.4, 0.5) is 0 Å². The molecule has 2 aromatic rings. The molecule has 0 saturated carbocycles. The molecule has 0 amide bonds. The summed E-state index contributed by atoms with van der Waals surface area (Å²) in [5.74, 6) is 0.212. The number of carbonyl (C=O) groups is 2. The van der Waals surface area contributed by atoms with Crippen LogP contribution in [-0.2, 0) is 22.6 Å². The lowest BCUT2D eigenvalue weighted by Gasteiger charge is -2.03. The molecule has 0 aliphatic heterocycles. The van der Waals surface area contributed by atoms with Crippen LogP contribution in [-0.4, -0.2) is 38.0 Å². The van der Waals surface area contributed by atoms with Gasteiger partial charge in [-0.05, 0) is 0 Å². The van der Waals surface area contributed by atoms with Gasteiger partial charge in [-0.15, -0.1) is 0 Å². The first-order chi connectivity index (χ1) is 12.4. The number of Topliss-reactive ketones (excluding diaryl/α,β-unsaturated/α-hetero) is 2. The smallest absolute Gasteiger partial charge is 0.225 e. The van der Waals surface area contributed by atoms with E-state index in [0.717, 1.165) is 34.2 Å². The normalized spacial score (nSPS) is 11.1. The Labute approximate surface area is 162 Å². The van der Waals surface area contributed by atoms with Gasteiger partial charge in [0.25, 0.3) is 0 Å². The summed E-state index contributed by atoms with van der Waals surface area (Å²) in [5, 5.41) is 0. The SMILES string of the molecule is CC(=O)c1sc[n+](CCOCCOCC[n+]2csc(C(C)=O)c2C)c1C.